The van der Waals surface area contributed by atoms with Gasteiger partial charge in [-0.05, 0) is 23.8 Å². The fourth-order valence-electron chi connectivity index (χ4n) is 3.43. The first-order chi connectivity index (χ1) is 10.5. The van der Waals surface area contributed by atoms with Crippen molar-refractivity contribution < 1.29 is 9.90 Å². The molecule has 0 atom stereocenters. The van der Waals surface area contributed by atoms with Crippen molar-refractivity contribution >= 4 is 5.91 Å². The van der Waals surface area contributed by atoms with Crippen LogP contribution in [0.4, 0.5) is 0 Å². The van der Waals surface area contributed by atoms with Gasteiger partial charge in [0.15, 0.2) is 0 Å². The van der Waals surface area contributed by atoms with Crippen LogP contribution >= 0.6 is 0 Å². The summed E-state index contributed by atoms with van der Waals surface area (Å²) >= 11 is 0. The molecule has 0 saturated heterocycles. The van der Waals surface area contributed by atoms with Crippen LogP contribution in [0.5, 0.6) is 0 Å². The van der Waals surface area contributed by atoms with E-state index >= 15 is 0 Å². The van der Waals surface area contributed by atoms with Gasteiger partial charge in [-0.15, -0.1) is 0 Å². The summed E-state index contributed by atoms with van der Waals surface area (Å²) in [5.74, 6) is 0.0762. The molecule has 1 aromatic carbocycles. The van der Waals surface area contributed by atoms with Crippen LogP contribution in [0.3, 0.4) is 0 Å². The molecule has 3 nitrogen and oxygen atoms in total. The van der Waals surface area contributed by atoms with Crippen molar-refractivity contribution in [2.45, 2.75) is 57.8 Å². The van der Waals surface area contributed by atoms with Crippen molar-refractivity contribution in [1.29, 1.82) is 0 Å². The molecule has 1 saturated carbocycles. The lowest BCUT2D eigenvalue weighted by Gasteiger charge is -2.36. The van der Waals surface area contributed by atoms with E-state index in [1.807, 2.05) is 18.2 Å². The Morgan fingerprint density at radius 2 is 1.82 bits per heavy atom. The third kappa shape index (κ3) is 4.33. The largest absolute Gasteiger partial charge is 0.396 e. The van der Waals surface area contributed by atoms with E-state index < -0.39 is 0 Å². The van der Waals surface area contributed by atoms with Crippen LogP contribution in [-0.4, -0.2) is 24.2 Å². The third-order valence-electron chi connectivity index (χ3n) is 5.07. The topological polar surface area (TPSA) is 49.3 Å². The van der Waals surface area contributed by atoms with Crippen LogP contribution in [0.25, 0.3) is 0 Å². The minimum atomic E-state index is -0.176. The van der Waals surface area contributed by atoms with E-state index in [0.29, 0.717) is 13.0 Å². The summed E-state index contributed by atoms with van der Waals surface area (Å²) < 4.78 is 0. The molecule has 1 fully saturated rings. The fourth-order valence-corrected chi connectivity index (χ4v) is 3.43. The molecule has 1 aliphatic carbocycles. The van der Waals surface area contributed by atoms with Gasteiger partial charge in [-0.25, -0.2) is 0 Å². The normalized spacial score (nSPS) is 18.0. The van der Waals surface area contributed by atoms with Crippen LogP contribution in [0.1, 0.15) is 57.9 Å². The molecule has 0 heterocycles. The zero-order valence-electron chi connectivity index (χ0n) is 13.9. The predicted molar refractivity (Wildman–Crippen MR) is 89.7 cm³/mol. The second kappa shape index (κ2) is 7.28. The van der Waals surface area contributed by atoms with Crippen LogP contribution in [-0.2, 0) is 10.2 Å². The molecule has 0 spiro atoms. The molecule has 0 unspecified atom stereocenters. The molecule has 1 amide bonds. The van der Waals surface area contributed by atoms with E-state index in [4.69, 9.17) is 0 Å². The average molecular weight is 303 g/mol. The Balaban J connectivity index is 1.89. The molecule has 122 valence electrons. The first-order valence-corrected chi connectivity index (χ1v) is 8.41. The van der Waals surface area contributed by atoms with E-state index in [2.05, 4.69) is 31.3 Å². The maximum atomic E-state index is 12.3. The van der Waals surface area contributed by atoms with E-state index in [-0.39, 0.29) is 23.3 Å². The van der Waals surface area contributed by atoms with Gasteiger partial charge in [0.2, 0.25) is 5.91 Å². The minimum absolute atomic E-state index is 0.0762. The van der Waals surface area contributed by atoms with E-state index in [1.54, 1.807) is 0 Å². The van der Waals surface area contributed by atoms with Gasteiger partial charge in [0, 0.05) is 18.4 Å². The Hall–Kier alpha value is -1.35. The number of aliphatic hydroxyl groups excluding tert-OH is 1. The van der Waals surface area contributed by atoms with Gasteiger partial charge in [0.25, 0.3) is 0 Å². The Morgan fingerprint density at radius 1 is 1.18 bits per heavy atom. The minimum Gasteiger partial charge on any atom is -0.396 e. The Kier molecular flexibility index (Phi) is 5.63. The van der Waals surface area contributed by atoms with Crippen molar-refractivity contribution in [2.75, 3.05) is 13.2 Å². The summed E-state index contributed by atoms with van der Waals surface area (Å²) in [4.78, 5) is 12.3. The molecule has 0 aliphatic heterocycles. The van der Waals surface area contributed by atoms with Crippen molar-refractivity contribution in [1.82, 2.24) is 5.32 Å². The fraction of sp³-hybridized carbons (Fsp3) is 0.632. The van der Waals surface area contributed by atoms with Crippen molar-refractivity contribution in [3.63, 3.8) is 0 Å². The molecule has 1 aliphatic rings. The highest BCUT2D eigenvalue weighted by Crippen LogP contribution is 2.35. The summed E-state index contributed by atoms with van der Waals surface area (Å²) in [5, 5.41) is 12.8. The SMILES string of the molecule is CC(C)(CC(=O)NCC1(CO)CCCCC1)c1ccccc1. The third-order valence-corrected chi connectivity index (χ3v) is 5.07. The summed E-state index contributed by atoms with van der Waals surface area (Å²) in [5.41, 5.74) is 0.912. The van der Waals surface area contributed by atoms with Gasteiger partial charge >= 0.3 is 0 Å². The number of hydrogen-bond donors (Lipinski definition) is 2. The maximum absolute atomic E-state index is 12.3. The zero-order valence-corrected chi connectivity index (χ0v) is 13.9. The Morgan fingerprint density at radius 3 is 2.41 bits per heavy atom. The van der Waals surface area contributed by atoms with Crippen LogP contribution in [0.15, 0.2) is 30.3 Å². The van der Waals surface area contributed by atoms with Crippen LogP contribution < -0.4 is 5.32 Å². The molecule has 3 heteroatoms. The van der Waals surface area contributed by atoms with E-state index in [1.165, 1.54) is 12.0 Å². The van der Waals surface area contributed by atoms with Gasteiger partial charge in [-0.2, -0.15) is 0 Å². The van der Waals surface area contributed by atoms with E-state index in [0.717, 1.165) is 25.7 Å². The van der Waals surface area contributed by atoms with Crippen LogP contribution in [0, 0.1) is 5.41 Å². The summed E-state index contributed by atoms with van der Waals surface area (Å²) in [6, 6.07) is 10.2. The first-order valence-electron chi connectivity index (χ1n) is 8.41. The number of amides is 1. The molecular formula is C19H29NO2. The summed E-state index contributed by atoms with van der Waals surface area (Å²) in [7, 11) is 0. The van der Waals surface area contributed by atoms with Crippen LogP contribution in [0.2, 0.25) is 0 Å². The molecule has 2 N–H and O–H groups in total. The quantitative estimate of drug-likeness (QED) is 0.846. The lowest BCUT2D eigenvalue weighted by atomic mass is 9.74. The Bertz CT molecular complexity index is 475. The van der Waals surface area contributed by atoms with Crippen molar-refractivity contribution in [3.8, 4) is 0 Å². The lowest BCUT2D eigenvalue weighted by Crippen LogP contribution is -2.42. The summed E-state index contributed by atoms with van der Waals surface area (Å²) in [6.45, 7) is 4.98. The molecule has 22 heavy (non-hydrogen) atoms. The number of nitrogens with one attached hydrogen (secondary N) is 1. The maximum Gasteiger partial charge on any atom is 0.220 e. The van der Waals surface area contributed by atoms with E-state index in [9.17, 15) is 9.90 Å². The number of carbonyl (C=O) groups is 1. The summed E-state index contributed by atoms with van der Waals surface area (Å²) in [6.07, 6.45) is 6.07. The molecule has 0 radical (unpaired) electrons. The molecule has 2 rings (SSSR count). The molecule has 0 bridgehead atoms. The van der Waals surface area contributed by atoms with Gasteiger partial charge in [0.1, 0.15) is 0 Å². The highest BCUT2D eigenvalue weighted by Gasteiger charge is 2.32. The number of hydrogen-bond acceptors (Lipinski definition) is 2. The molecular weight excluding hydrogens is 274 g/mol. The predicted octanol–water partition coefficient (Wildman–Crippen LogP) is 3.41. The van der Waals surface area contributed by atoms with Gasteiger partial charge < -0.3 is 10.4 Å². The highest BCUT2D eigenvalue weighted by molar-refractivity contribution is 5.77. The van der Waals surface area contributed by atoms with Gasteiger partial charge in [0.05, 0.1) is 6.61 Å². The average Bonchev–Trinajstić information content (AvgIpc) is 2.54. The first kappa shape index (κ1) is 17.0. The monoisotopic (exact) mass is 303 g/mol. The van der Waals surface area contributed by atoms with Gasteiger partial charge in [-0.1, -0.05) is 63.4 Å². The van der Waals surface area contributed by atoms with Gasteiger partial charge in [-0.3, -0.25) is 4.79 Å². The number of benzene rings is 1. The lowest BCUT2D eigenvalue weighted by molar-refractivity contribution is -0.123. The number of carbonyl (C=O) groups excluding carboxylic acids is 1. The second-order valence-electron chi connectivity index (χ2n) is 7.42. The smallest absolute Gasteiger partial charge is 0.220 e. The number of aliphatic hydroxyl groups is 1. The molecule has 0 aromatic heterocycles. The zero-order chi connectivity index (χ0) is 16.1. The second-order valence-corrected chi connectivity index (χ2v) is 7.42. The van der Waals surface area contributed by atoms with Crippen molar-refractivity contribution in [2.24, 2.45) is 5.41 Å². The van der Waals surface area contributed by atoms with Crippen molar-refractivity contribution in [3.05, 3.63) is 35.9 Å². The Labute approximate surface area is 134 Å². The number of rotatable bonds is 6. The highest BCUT2D eigenvalue weighted by atomic mass is 16.3. The molecule has 1 aromatic rings. The standard InChI is InChI=1S/C19H29NO2/c1-18(2,16-9-5-3-6-10-16)13-17(22)20-14-19(15-21)11-7-4-8-12-19/h3,5-6,9-10,21H,4,7-8,11-15H2,1-2H3,(H,20,22).